The van der Waals surface area contributed by atoms with Crippen LogP contribution in [-0.2, 0) is 0 Å². The van der Waals surface area contributed by atoms with Crippen LogP contribution in [0.3, 0.4) is 0 Å². The summed E-state index contributed by atoms with van der Waals surface area (Å²) in [4.78, 5) is 21.2. The fraction of sp³-hybridized carbons (Fsp3) is 0. The first-order valence-electron chi connectivity index (χ1n) is 28.7. The number of aromatic nitrogens is 4. The van der Waals surface area contributed by atoms with Crippen molar-refractivity contribution < 1.29 is 0 Å². The van der Waals surface area contributed by atoms with E-state index in [9.17, 15) is 0 Å². The highest BCUT2D eigenvalue weighted by Crippen LogP contribution is 2.49. The number of imidazole rings is 2. The zero-order valence-electron chi connectivity index (χ0n) is 46.1. The van der Waals surface area contributed by atoms with Crippen molar-refractivity contribution in [1.82, 2.24) is 18.8 Å². The zero-order chi connectivity index (χ0) is 56.8. The molecule has 0 bridgehead atoms. The van der Waals surface area contributed by atoms with E-state index in [-0.39, 0.29) is 6.71 Å². The molecule has 0 N–H and O–H groups in total. The third-order valence-corrected chi connectivity index (χ3v) is 19.0. The Bertz CT molecular complexity index is 5210. The highest BCUT2D eigenvalue weighted by atomic mass is 35.5. The molecule has 6 heterocycles. The molecule has 4 aromatic heterocycles. The first kappa shape index (κ1) is 50.1. The van der Waals surface area contributed by atoms with Gasteiger partial charge in [0, 0.05) is 56.9 Å². The molecule has 406 valence electrons. The number of hydrogen-bond donors (Lipinski definition) is 0. The first-order valence-corrected chi connectivity index (χ1v) is 30.7. The average molecular weight is 1160 g/mol. The summed E-state index contributed by atoms with van der Waals surface area (Å²) in [5.41, 5.74) is 23.7. The zero-order valence-corrected chi connectivity index (χ0v) is 48.5. The number of thiazole rings is 2. The van der Waals surface area contributed by atoms with Gasteiger partial charge in [0.25, 0.3) is 6.71 Å². The van der Waals surface area contributed by atoms with Gasteiger partial charge in [0.05, 0.1) is 58.9 Å². The summed E-state index contributed by atoms with van der Waals surface area (Å²) >= 11 is 10.9. The lowest BCUT2D eigenvalue weighted by Crippen LogP contribution is -2.61. The number of fused-ring (bicyclic) bond motifs is 14. The Balaban J connectivity index is 0.000000134. The van der Waals surface area contributed by atoms with Crippen molar-refractivity contribution in [3.63, 3.8) is 0 Å². The second kappa shape index (κ2) is 20.4. The molecular formula is C74H48BClN8S2. The van der Waals surface area contributed by atoms with Crippen LogP contribution >= 0.6 is 34.3 Å². The summed E-state index contributed by atoms with van der Waals surface area (Å²) in [6, 6.07) is 103. The van der Waals surface area contributed by atoms with Crippen molar-refractivity contribution >= 4 is 178 Å². The highest BCUT2D eigenvalue weighted by molar-refractivity contribution is 7.24. The number of halogens is 1. The minimum atomic E-state index is 0.105. The van der Waals surface area contributed by atoms with Crippen molar-refractivity contribution in [3.05, 3.63) is 296 Å². The fourth-order valence-corrected chi connectivity index (χ4v) is 15.4. The molecule has 0 aliphatic carbocycles. The summed E-state index contributed by atoms with van der Waals surface area (Å²) in [5, 5.41) is 0.655. The summed E-state index contributed by atoms with van der Waals surface area (Å²) < 4.78 is 7.02. The Morgan fingerprint density at radius 3 is 1.35 bits per heavy atom. The van der Waals surface area contributed by atoms with Gasteiger partial charge >= 0.3 is 0 Å². The Morgan fingerprint density at radius 2 is 0.779 bits per heavy atom. The van der Waals surface area contributed by atoms with Gasteiger partial charge in [-0.25, -0.2) is 9.97 Å². The van der Waals surface area contributed by atoms with E-state index in [4.69, 9.17) is 21.6 Å². The number of anilines is 12. The van der Waals surface area contributed by atoms with Crippen molar-refractivity contribution in [3.8, 4) is 0 Å². The molecule has 0 saturated carbocycles. The van der Waals surface area contributed by atoms with E-state index in [2.05, 4.69) is 295 Å². The third-order valence-electron chi connectivity index (χ3n) is 16.6. The minimum absolute atomic E-state index is 0.105. The summed E-state index contributed by atoms with van der Waals surface area (Å²) in [7, 11) is 0. The first-order chi connectivity index (χ1) is 42.6. The van der Waals surface area contributed by atoms with Crippen LogP contribution < -0.4 is 36.0 Å². The van der Waals surface area contributed by atoms with E-state index in [1.54, 1.807) is 22.7 Å². The Kier molecular flexibility index (Phi) is 11.9. The van der Waals surface area contributed by atoms with Gasteiger partial charge in [-0.05, 0) is 162 Å². The van der Waals surface area contributed by atoms with Crippen LogP contribution in [0.2, 0.25) is 5.02 Å². The SMILES string of the molecule is Clc1c(N(c2ccccc2)c2ccccc2)cccc1N(c1ccccc1)c1ccc2sc3nc4ccccc4n3c2c1.c1ccc(N2c3ccccc3B3c4cc5sc6nc7ccccc7n6c5cc4N(c4ccccc4)c4cccc2c43)cc1. The molecule has 2 aliphatic rings. The van der Waals surface area contributed by atoms with Gasteiger partial charge in [-0.3, -0.25) is 8.80 Å². The van der Waals surface area contributed by atoms with Crippen LogP contribution in [0.5, 0.6) is 0 Å². The van der Waals surface area contributed by atoms with Crippen molar-refractivity contribution in [2.24, 2.45) is 0 Å². The molecule has 0 atom stereocenters. The summed E-state index contributed by atoms with van der Waals surface area (Å²) in [6.07, 6.45) is 0. The molecule has 0 unspecified atom stereocenters. The van der Waals surface area contributed by atoms with Crippen LogP contribution in [0.25, 0.3) is 52.4 Å². The molecular weight excluding hydrogens is 1110 g/mol. The normalized spacial score (nSPS) is 12.4. The molecule has 12 aromatic carbocycles. The standard InChI is InChI=1S/C37H23BN4S.C37H25ClN4S/c1-3-12-24(13-4-1)40-29-18-9-7-16-26(29)38-27-22-35-34(42-30-19-10-8-17-28(30)39-37(42)43-35)23-33(27)41(25-14-5-2-6-15-25)32-21-11-20-31(40)36(32)38;38-36-32(40(26-13-4-1-5-14-26)27-15-6-2-7-16-27)21-12-22-33(36)41(28-17-8-3-9-18-28)29-23-24-35-34(25-29)42-31-20-11-10-19-30(31)39-37(42)43-35/h1-23H;1-25H. The van der Waals surface area contributed by atoms with Gasteiger partial charge in [-0.1, -0.05) is 180 Å². The predicted molar refractivity (Wildman–Crippen MR) is 365 cm³/mol. The molecule has 18 rings (SSSR count). The van der Waals surface area contributed by atoms with Gasteiger partial charge in [-0.2, -0.15) is 0 Å². The minimum Gasteiger partial charge on any atom is -0.311 e. The van der Waals surface area contributed by atoms with Crippen LogP contribution in [0.15, 0.2) is 291 Å². The lowest BCUT2D eigenvalue weighted by atomic mass is 9.33. The Morgan fingerprint density at radius 1 is 0.337 bits per heavy atom. The van der Waals surface area contributed by atoms with E-state index in [1.165, 1.54) is 59.7 Å². The monoisotopic (exact) mass is 1160 g/mol. The van der Waals surface area contributed by atoms with Crippen LogP contribution in [-0.4, -0.2) is 25.5 Å². The van der Waals surface area contributed by atoms with Gasteiger partial charge < -0.3 is 19.6 Å². The summed E-state index contributed by atoms with van der Waals surface area (Å²) in [5.74, 6) is 0. The quantitative estimate of drug-likeness (QED) is 0.141. The molecule has 12 heteroatoms. The maximum atomic E-state index is 7.45. The van der Waals surface area contributed by atoms with Crippen LogP contribution in [0, 0.1) is 0 Å². The maximum absolute atomic E-state index is 7.45. The number of hydrogen-bond acceptors (Lipinski definition) is 8. The second-order valence-corrected chi connectivity index (χ2v) is 23.9. The van der Waals surface area contributed by atoms with Gasteiger partial charge in [0.2, 0.25) is 0 Å². The van der Waals surface area contributed by atoms with E-state index >= 15 is 0 Å². The maximum Gasteiger partial charge on any atom is 0.252 e. The molecule has 0 saturated heterocycles. The highest BCUT2D eigenvalue weighted by Gasteiger charge is 2.43. The Labute approximate surface area is 509 Å². The molecule has 0 fully saturated rings. The predicted octanol–water partition coefficient (Wildman–Crippen LogP) is 19.1. The van der Waals surface area contributed by atoms with Crippen molar-refractivity contribution in [2.45, 2.75) is 0 Å². The smallest absolute Gasteiger partial charge is 0.252 e. The molecule has 0 amide bonds. The largest absolute Gasteiger partial charge is 0.311 e. The van der Waals surface area contributed by atoms with Crippen LogP contribution in [0.1, 0.15) is 0 Å². The van der Waals surface area contributed by atoms with Gasteiger partial charge in [0.1, 0.15) is 0 Å². The fourth-order valence-electron chi connectivity index (χ4n) is 13.0. The van der Waals surface area contributed by atoms with E-state index in [0.29, 0.717) is 5.02 Å². The lowest BCUT2D eigenvalue weighted by molar-refractivity contribution is 1.25. The van der Waals surface area contributed by atoms with Crippen molar-refractivity contribution in [2.75, 3.05) is 19.6 Å². The molecule has 0 spiro atoms. The second-order valence-electron chi connectivity index (χ2n) is 21.5. The molecule has 0 radical (unpaired) electrons. The lowest BCUT2D eigenvalue weighted by Gasteiger charge is -2.44. The third kappa shape index (κ3) is 8.04. The number of rotatable bonds is 8. The molecule has 8 nitrogen and oxygen atoms in total. The topological polar surface area (TPSA) is 47.6 Å². The molecule has 2 aliphatic heterocycles. The van der Waals surface area contributed by atoms with Crippen molar-refractivity contribution in [1.29, 1.82) is 0 Å². The van der Waals surface area contributed by atoms with E-state index in [0.717, 1.165) is 77.3 Å². The number of para-hydroxylation sites is 10. The van der Waals surface area contributed by atoms with E-state index < -0.39 is 0 Å². The summed E-state index contributed by atoms with van der Waals surface area (Å²) in [6.45, 7) is 0.105. The molecule has 86 heavy (non-hydrogen) atoms. The number of nitrogens with zero attached hydrogens (tertiary/aromatic N) is 8. The van der Waals surface area contributed by atoms with Gasteiger partial charge in [-0.15, -0.1) is 0 Å². The van der Waals surface area contributed by atoms with Crippen LogP contribution in [0.4, 0.5) is 68.2 Å². The number of benzene rings is 12. The van der Waals surface area contributed by atoms with Gasteiger partial charge in [0.15, 0.2) is 9.92 Å². The molecule has 16 aromatic rings. The van der Waals surface area contributed by atoms with E-state index in [1.807, 2.05) is 24.3 Å². The average Bonchev–Trinajstić information content (AvgIpc) is 0.986. The Hall–Kier alpha value is -10.4.